The van der Waals surface area contributed by atoms with Crippen LogP contribution >= 0.6 is 0 Å². The van der Waals surface area contributed by atoms with Gasteiger partial charge in [0.2, 0.25) is 0 Å². The first-order valence-corrected chi connectivity index (χ1v) is 14.6. The second kappa shape index (κ2) is 13.7. The standard InChI is InChI=1S/C20H38O2.C13H8NO.Ir/c1-5-19(6-2)13-9-11-15-12-10-14-20(7-3,8-4)18(22)16(15)17(19)21;1-2-6-10(7-3-1)13-14-11-8-4-5-9-12(11)15-13;/h15-18,21-22H,5-14H2,1-4H3;1-6,8-9H;/q;-1;. The molecule has 2 N–H and O–H groups in total. The molecule has 5 heteroatoms. The molecule has 2 saturated carbocycles. The number of para-hydroxylation sites is 2. The van der Waals surface area contributed by atoms with Crippen LogP contribution in [-0.2, 0) is 20.1 Å². The van der Waals surface area contributed by atoms with Gasteiger partial charge in [-0.1, -0.05) is 58.2 Å². The Morgan fingerprint density at radius 3 is 1.89 bits per heavy atom. The molecular formula is C33H46IrNO3-. The van der Waals surface area contributed by atoms with E-state index in [0.29, 0.717) is 11.8 Å². The molecule has 0 aliphatic heterocycles. The molecule has 4 nitrogen and oxygen atoms in total. The van der Waals surface area contributed by atoms with Crippen molar-refractivity contribution in [1.82, 2.24) is 4.98 Å². The van der Waals surface area contributed by atoms with Crippen molar-refractivity contribution < 1.29 is 34.7 Å². The summed E-state index contributed by atoms with van der Waals surface area (Å²) in [5, 5.41) is 22.7. The van der Waals surface area contributed by atoms with Crippen LogP contribution < -0.4 is 0 Å². The number of rotatable bonds is 5. The fourth-order valence-electron chi connectivity index (χ4n) is 7.32. The van der Waals surface area contributed by atoms with E-state index in [4.69, 9.17) is 4.42 Å². The molecule has 1 aromatic heterocycles. The number of nitrogens with zero attached hydrogens (tertiary/aromatic N) is 1. The van der Waals surface area contributed by atoms with Gasteiger partial charge in [0.25, 0.3) is 0 Å². The summed E-state index contributed by atoms with van der Waals surface area (Å²) in [4.78, 5) is 4.39. The third-order valence-corrected chi connectivity index (χ3v) is 10.1. The summed E-state index contributed by atoms with van der Waals surface area (Å²) in [6.07, 6.45) is 10.6. The smallest absolute Gasteiger partial charge is 0.141 e. The molecule has 0 spiro atoms. The zero-order valence-corrected chi connectivity index (χ0v) is 26.0. The van der Waals surface area contributed by atoms with Gasteiger partial charge in [-0.15, -0.1) is 30.3 Å². The molecular weight excluding hydrogens is 651 g/mol. The van der Waals surface area contributed by atoms with Crippen LogP contribution in [0.3, 0.4) is 0 Å². The molecule has 2 aromatic carbocycles. The zero-order valence-electron chi connectivity index (χ0n) is 23.6. The van der Waals surface area contributed by atoms with Crippen LogP contribution in [0.4, 0.5) is 0 Å². The molecule has 1 radical (unpaired) electrons. The van der Waals surface area contributed by atoms with E-state index in [2.05, 4.69) is 38.7 Å². The summed E-state index contributed by atoms with van der Waals surface area (Å²) < 4.78 is 5.61. The summed E-state index contributed by atoms with van der Waals surface area (Å²) in [6.45, 7) is 8.90. The van der Waals surface area contributed by atoms with Crippen LogP contribution in [0.1, 0.15) is 91.9 Å². The summed E-state index contributed by atoms with van der Waals surface area (Å²) in [5.41, 5.74) is 2.62. The van der Waals surface area contributed by atoms with Crippen molar-refractivity contribution in [2.24, 2.45) is 22.7 Å². The summed E-state index contributed by atoms with van der Waals surface area (Å²) in [6, 6.07) is 18.5. The normalized spacial score (nSPS) is 26.2. The van der Waals surface area contributed by atoms with Crippen LogP contribution in [0.25, 0.3) is 22.6 Å². The third kappa shape index (κ3) is 6.12. The Labute approximate surface area is 243 Å². The topological polar surface area (TPSA) is 66.5 Å². The molecule has 5 rings (SSSR count). The van der Waals surface area contributed by atoms with E-state index in [1.807, 2.05) is 48.5 Å². The molecule has 0 saturated heterocycles. The van der Waals surface area contributed by atoms with Gasteiger partial charge in [-0.2, -0.15) is 0 Å². The maximum Gasteiger partial charge on any atom is 0.141 e. The molecule has 2 atom stereocenters. The molecule has 1 heterocycles. The van der Waals surface area contributed by atoms with Crippen molar-refractivity contribution in [3.8, 4) is 11.5 Å². The number of aliphatic hydroxyl groups is 2. The number of fused-ring (bicyclic) bond motifs is 2. The minimum atomic E-state index is -0.333. The van der Waals surface area contributed by atoms with Crippen LogP contribution in [0.2, 0.25) is 0 Å². The third-order valence-electron chi connectivity index (χ3n) is 10.1. The van der Waals surface area contributed by atoms with Crippen molar-refractivity contribution in [3.63, 3.8) is 0 Å². The molecule has 0 bridgehead atoms. The summed E-state index contributed by atoms with van der Waals surface area (Å²) in [5.74, 6) is 1.23. The van der Waals surface area contributed by atoms with E-state index in [1.165, 1.54) is 25.7 Å². The van der Waals surface area contributed by atoms with Gasteiger partial charge in [0.1, 0.15) is 11.5 Å². The predicted molar refractivity (Wildman–Crippen MR) is 151 cm³/mol. The Hall–Kier alpha value is -1.52. The molecule has 2 unspecified atom stereocenters. The van der Waals surface area contributed by atoms with E-state index in [1.54, 1.807) is 0 Å². The van der Waals surface area contributed by atoms with Crippen molar-refractivity contribution in [2.45, 2.75) is 104 Å². The van der Waals surface area contributed by atoms with E-state index >= 15 is 0 Å². The Morgan fingerprint density at radius 2 is 1.39 bits per heavy atom. The van der Waals surface area contributed by atoms with Crippen LogP contribution in [0.5, 0.6) is 0 Å². The van der Waals surface area contributed by atoms with Gasteiger partial charge < -0.3 is 14.6 Å². The Kier molecular flexibility index (Phi) is 11.2. The van der Waals surface area contributed by atoms with Gasteiger partial charge in [0.15, 0.2) is 0 Å². The first kappa shape index (κ1) is 31.0. The Bertz CT molecular complexity index is 1040. The van der Waals surface area contributed by atoms with Crippen LogP contribution in [0, 0.1) is 28.7 Å². The van der Waals surface area contributed by atoms with Crippen LogP contribution in [-0.4, -0.2) is 27.4 Å². The van der Waals surface area contributed by atoms with Crippen molar-refractivity contribution in [2.75, 3.05) is 0 Å². The second-order valence-electron chi connectivity index (χ2n) is 11.4. The Morgan fingerprint density at radius 1 is 0.842 bits per heavy atom. The predicted octanol–water partition coefficient (Wildman–Crippen LogP) is 8.21. The molecule has 2 fully saturated rings. The number of oxazole rings is 1. The largest absolute Gasteiger partial charge is 0.481 e. The second-order valence-corrected chi connectivity index (χ2v) is 11.4. The van der Waals surface area contributed by atoms with E-state index in [9.17, 15) is 10.2 Å². The molecule has 0 amide bonds. The average molecular weight is 697 g/mol. The van der Waals surface area contributed by atoms with Crippen LogP contribution in [0.15, 0.2) is 52.9 Å². The van der Waals surface area contributed by atoms with Gasteiger partial charge in [0, 0.05) is 26.0 Å². The van der Waals surface area contributed by atoms with Crippen molar-refractivity contribution in [1.29, 1.82) is 0 Å². The summed E-state index contributed by atoms with van der Waals surface area (Å²) in [7, 11) is 0. The van der Waals surface area contributed by atoms with Gasteiger partial charge >= 0.3 is 0 Å². The van der Waals surface area contributed by atoms with Gasteiger partial charge in [-0.25, -0.2) is 0 Å². The minimum absolute atomic E-state index is 0. The number of aromatic nitrogens is 1. The number of hydrogen-bond acceptors (Lipinski definition) is 4. The van der Waals surface area contributed by atoms with E-state index < -0.39 is 0 Å². The summed E-state index contributed by atoms with van der Waals surface area (Å²) >= 11 is 0. The Balaban J connectivity index is 0.000000218. The average Bonchev–Trinajstić information content (AvgIpc) is 3.26. The fourth-order valence-corrected chi connectivity index (χ4v) is 7.32. The monoisotopic (exact) mass is 697 g/mol. The minimum Gasteiger partial charge on any atom is -0.481 e. The van der Waals surface area contributed by atoms with E-state index in [-0.39, 0.29) is 49.1 Å². The van der Waals surface area contributed by atoms with Crippen molar-refractivity contribution in [3.05, 3.63) is 54.6 Å². The molecule has 38 heavy (non-hydrogen) atoms. The van der Waals surface area contributed by atoms with Crippen molar-refractivity contribution >= 4 is 11.1 Å². The maximum absolute atomic E-state index is 11.4. The van der Waals surface area contributed by atoms with Gasteiger partial charge in [-0.3, -0.25) is 4.98 Å². The number of benzene rings is 2. The SMILES string of the molecule is CCC1(CC)CCCC2CCCC(CC)(CC)C(O)C2C1O.[Ir].[c-]1ccccc1-c1nc2ccccc2o1. The maximum atomic E-state index is 11.4. The van der Waals surface area contributed by atoms with Gasteiger partial charge in [0.05, 0.1) is 17.7 Å². The van der Waals surface area contributed by atoms with E-state index in [0.717, 1.165) is 55.2 Å². The number of aliphatic hydroxyl groups excluding tert-OH is 2. The first-order chi connectivity index (χ1) is 17.9. The molecule has 2 aliphatic carbocycles. The molecule has 2 aliphatic rings. The first-order valence-electron chi connectivity index (χ1n) is 14.6. The van der Waals surface area contributed by atoms with Gasteiger partial charge in [-0.05, 0) is 80.2 Å². The number of hydrogen-bond donors (Lipinski definition) is 2. The molecule has 3 aromatic rings. The fraction of sp³-hybridized carbons (Fsp3) is 0.606. The molecule has 211 valence electrons. The quantitative estimate of drug-likeness (QED) is 0.264. The zero-order chi connectivity index (χ0) is 26.5.